The molecule has 1 aromatic rings. The van der Waals surface area contributed by atoms with E-state index >= 15 is 0 Å². The van der Waals surface area contributed by atoms with Crippen LogP contribution in [-0.4, -0.2) is 10.4 Å². The summed E-state index contributed by atoms with van der Waals surface area (Å²) in [6.07, 6.45) is 0. The Bertz CT molecular complexity index is 367. The number of nitrogens with zero attached hydrogens (tertiary/aromatic N) is 1. The lowest BCUT2D eigenvalue weighted by atomic mass is 10.2. The van der Waals surface area contributed by atoms with Gasteiger partial charge in [0.1, 0.15) is 0 Å². The molecule has 0 aliphatic heterocycles. The van der Waals surface area contributed by atoms with Crippen LogP contribution in [0.4, 0.5) is 13.2 Å². The van der Waals surface area contributed by atoms with Gasteiger partial charge in [0, 0.05) is 0 Å². The van der Waals surface area contributed by atoms with E-state index in [2.05, 4.69) is 5.16 Å². The van der Waals surface area contributed by atoms with E-state index in [-0.39, 0.29) is 0 Å². The summed E-state index contributed by atoms with van der Waals surface area (Å²) in [6, 6.07) is 1.55. The van der Waals surface area contributed by atoms with Crippen LogP contribution < -0.4 is 0 Å². The predicted molar refractivity (Wildman–Crippen MR) is 40.5 cm³/mol. The summed E-state index contributed by atoms with van der Waals surface area (Å²) >= 11 is 5.19. The fourth-order valence-electron chi connectivity index (χ4n) is 0.739. The molecule has 2 nitrogen and oxygen atoms in total. The fourth-order valence-corrected chi connectivity index (χ4v) is 0.885. The zero-order valence-corrected chi connectivity index (χ0v) is 6.82. The molecule has 0 fully saturated rings. The van der Waals surface area contributed by atoms with Crippen LogP contribution >= 0.6 is 11.6 Å². The minimum atomic E-state index is -1.65. The number of benzene rings is 1. The molecule has 1 N–H and O–H groups in total. The standard InChI is InChI=1S/C7H3ClF3NO/c8-7(12-13)3-1-2-4(9)6(11)5(3)10/h1-2,13H. The molecular weight excluding hydrogens is 207 g/mol. The number of oxime groups is 1. The molecule has 13 heavy (non-hydrogen) atoms. The molecule has 0 radical (unpaired) electrons. The van der Waals surface area contributed by atoms with Crippen LogP contribution in [0, 0.1) is 17.5 Å². The van der Waals surface area contributed by atoms with Gasteiger partial charge in [-0.25, -0.2) is 13.2 Å². The van der Waals surface area contributed by atoms with Gasteiger partial charge in [0.25, 0.3) is 0 Å². The second kappa shape index (κ2) is 3.66. The first-order valence-electron chi connectivity index (χ1n) is 3.09. The lowest BCUT2D eigenvalue weighted by Gasteiger charge is -2.00. The first kappa shape index (κ1) is 9.85. The Balaban J connectivity index is 3.34. The second-order valence-electron chi connectivity index (χ2n) is 2.11. The Morgan fingerprint density at radius 3 is 2.38 bits per heavy atom. The normalized spacial score (nSPS) is 11.8. The van der Waals surface area contributed by atoms with Crippen molar-refractivity contribution in [2.45, 2.75) is 0 Å². The summed E-state index contributed by atoms with van der Waals surface area (Å²) in [4.78, 5) is 0. The molecule has 6 heteroatoms. The summed E-state index contributed by atoms with van der Waals surface area (Å²) in [5.74, 6) is -4.47. The van der Waals surface area contributed by atoms with Crippen LogP contribution in [0.3, 0.4) is 0 Å². The van der Waals surface area contributed by atoms with E-state index in [9.17, 15) is 13.2 Å². The second-order valence-corrected chi connectivity index (χ2v) is 2.47. The number of hydrogen-bond acceptors (Lipinski definition) is 2. The van der Waals surface area contributed by atoms with Crippen LogP contribution in [0.25, 0.3) is 0 Å². The molecule has 1 rings (SSSR count). The molecule has 0 amide bonds. The summed E-state index contributed by atoms with van der Waals surface area (Å²) < 4.78 is 37.7. The number of hydrogen-bond donors (Lipinski definition) is 1. The van der Waals surface area contributed by atoms with Gasteiger partial charge in [-0.1, -0.05) is 16.8 Å². The zero-order valence-electron chi connectivity index (χ0n) is 6.06. The van der Waals surface area contributed by atoms with Gasteiger partial charge in [-0.15, -0.1) is 0 Å². The molecule has 0 atom stereocenters. The van der Waals surface area contributed by atoms with E-state index < -0.39 is 28.2 Å². The van der Waals surface area contributed by atoms with Crippen molar-refractivity contribution in [2.24, 2.45) is 5.16 Å². The summed E-state index contributed by atoms with van der Waals surface area (Å²) in [6.45, 7) is 0. The highest BCUT2D eigenvalue weighted by Gasteiger charge is 2.16. The molecule has 0 aliphatic rings. The van der Waals surface area contributed by atoms with Crippen LogP contribution in [0.2, 0.25) is 0 Å². The molecule has 0 spiro atoms. The minimum absolute atomic E-state index is 0.497. The van der Waals surface area contributed by atoms with Crippen molar-refractivity contribution >= 4 is 16.8 Å². The first-order valence-corrected chi connectivity index (χ1v) is 3.47. The number of rotatable bonds is 1. The first-order chi connectivity index (χ1) is 6.07. The Hall–Kier alpha value is -1.23. The fraction of sp³-hybridized carbons (Fsp3) is 0. The van der Waals surface area contributed by atoms with Gasteiger partial charge >= 0.3 is 0 Å². The summed E-state index contributed by atoms with van der Waals surface area (Å²) in [7, 11) is 0. The SMILES string of the molecule is ON=C(Cl)c1ccc(F)c(F)c1F. The van der Waals surface area contributed by atoms with Crippen molar-refractivity contribution in [3.8, 4) is 0 Å². The van der Waals surface area contributed by atoms with Crippen molar-refractivity contribution < 1.29 is 18.4 Å². The third-order valence-corrected chi connectivity index (χ3v) is 1.62. The molecule has 0 aliphatic carbocycles. The lowest BCUT2D eigenvalue weighted by molar-refractivity contribution is 0.320. The molecule has 0 saturated carbocycles. The van der Waals surface area contributed by atoms with E-state index in [1.165, 1.54) is 0 Å². The topological polar surface area (TPSA) is 32.6 Å². The Morgan fingerprint density at radius 1 is 1.23 bits per heavy atom. The molecule has 70 valence electrons. The largest absolute Gasteiger partial charge is 0.410 e. The third kappa shape index (κ3) is 1.75. The van der Waals surface area contributed by atoms with Crippen LogP contribution in [0.1, 0.15) is 5.56 Å². The highest BCUT2D eigenvalue weighted by molar-refractivity contribution is 6.69. The van der Waals surface area contributed by atoms with Crippen molar-refractivity contribution in [1.82, 2.24) is 0 Å². The molecule has 1 aromatic carbocycles. The maximum atomic E-state index is 12.8. The van der Waals surface area contributed by atoms with Gasteiger partial charge in [-0.05, 0) is 12.1 Å². The lowest BCUT2D eigenvalue weighted by Crippen LogP contribution is -2.01. The van der Waals surface area contributed by atoms with Gasteiger partial charge in [-0.2, -0.15) is 0 Å². The molecule has 0 bridgehead atoms. The van der Waals surface area contributed by atoms with Crippen molar-refractivity contribution in [1.29, 1.82) is 0 Å². The van der Waals surface area contributed by atoms with Crippen LogP contribution in [0.5, 0.6) is 0 Å². The Labute approximate surface area is 76.2 Å². The smallest absolute Gasteiger partial charge is 0.195 e. The Kier molecular flexibility index (Phi) is 2.77. The van der Waals surface area contributed by atoms with E-state index in [1.807, 2.05) is 0 Å². The quantitative estimate of drug-likeness (QED) is 0.328. The highest BCUT2D eigenvalue weighted by Crippen LogP contribution is 2.17. The zero-order chi connectivity index (χ0) is 10.0. The average molecular weight is 210 g/mol. The van der Waals surface area contributed by atoms with Gasteiger partial charge in [-0.3, -0.25) is 0 Å². The van der Waals surface area contributed by atoms with Gasteiger partial charge in [0.2, 0.25) is 0 Å². The van der Waals surface area contributed by atoms with E-state index in [0.29, 0.717) is 6.07 Å². The van der Waals surface area contributed by atoms with Crippen molar-refractivity contribution in [2.75, 3.05) is 0 Å². The minimum Gasteiger partial charge on any atom is -0.410 e. The van der Waals surface area contributed by atoms with E-state index in [4.69, 9.17) is 16.8 Å². The van der Waals surface area contributed by atoms with Gasteiger partial charge in [0.05, 0.1) is 5.56 Å². The monoisotopic (exact) mass is 209 g/mol. The van der Waals surface area contributed by atoms with E-state index in [1.54, 1.807) is 0 Å². The Morgan fingerprint density at radius 2 is 1.85 bits per heavy atom. The molecular formula is C7H3ClF3NO. The highest BCUT2D eigenvalue weighted by atomic mass is 35.5. The maximum Gasteiger partial charge on any atom is 0.195 e. The summed E-state index contributed by atoms with van der Waals surface area (Å²) in [5.41, 5.74) is -0.497. The van der Waals surface area contributed by atoms with Crippen molar-refractivity contribution in [3.63, 3.8) is 0 Å². The maximum absolute atomic E-state index is 12.8. The molecule has 0 unspecified atom stereocenters. The van der Waals surface area contributed by atoms with Crippen molar-refractivity contribution in [3.05, 3.63) is 35.1 Å². The van der Waals surface area contributed by atoms with Crippen LogP contribution in [0.15, 0.2) is 17.3 Å². The molecule has 0 heterocycles. The summed E-state index contributed by atoms with van der Waals surface area (Å²) in [5, 5.41) is 9.95. The molecule has 0 aromatic heterocycles. The third-order valence-electron chi connectivity index (χ3n) is 1.35. The average Bonchev–Trinajstić information content (AvgIpc) is 2.13. The number of halogens is 4. The van der Waals surface area contributed by atoms with Gasteiger partial charge in [0.15, 0.2) is 22.6 Å². The van der Waals surface area contributed by atoms with Crippen LogP contribution in [-0.2, 0) is 0 Å². The van der Waals surface area contributed by atoms with Gasteiger partial charge < -0.3 is 5.21 Å². The van der Waals surface area contributed by atoms with E-state index in [0.717, 1.165) is 6.07 Å². The molecule has 0 saturated heterocycles. The predicted octanol–water partition coefficient (Wildman–Crippen LogP) is 2.48.